The van der Waals surface area contributed by atoms with E-state index in [0.29, 0.717) is 12.2 Å². The Morgan fingerprint density at radius 3 is 2.43 bits per heavy atom. The van der Waals surface area contributed by atoms with Crippen molar-refractivity contribution in [1.29, 1.82) is 0 Å². The average Bonchev–Trinajstić information content (AvgIpc) is 2.45. The van der Waals surface area contributed by atoms with E-state index >= 15 is 0 Å². The number of hydrogen-bond donors (Lipinski definition) is 1. The molecule has 1 N–H and O–H groups in total. The highest BCUT2D eigenvalue weighted by atomic mass is 16.5. The van der Waals surface area contributed by atoms with Crippen LogP contribution in [0.3, 0.4) is 0 Å². The second-order valence-electron chi connectivity index (χ2n) is 4.34. The number of carbonyl (C=O) groups is 2. The van der Waals surface area contributed by atoms with Crippen molar-refractivity contribution in [3.05, 3.63) is 35.9 Å². The summed E-state index contributed by atoms with van der Waals surface area (Å²) in [6.45, 7) is 5.46. The predicted octanol–water partition coefficient (Wildman–Crippen LogP) is 3.14. The zero-order valence-electron chi connectivity index (χ0n) is 12.8. The standard InChI is InChI=1S/C10H10O3.C6H12O2/c1-13-9-4-2-3-8(7-9)5-6-10(11)12;1-4-6(7)8-5(2)3/h2-7H,1H3,(H,11,12);5H,4H2,1-3H3. The fourth-order valence-electron chi connectivity index (χ4n) is 1.26. The molecule has 0 aromatic heterocycles. The molecule has 0 saturated heterocycles. The van der Waals surface area contributed by atoms with Crippen molar-refractivity contribution in [1.82, 2.24) is 0 Å². The van der Waals surface area contributed by atoms with Crippen molar-refractivity contribution in [3.8, 4) is 5.75 Å². The first-order chi connectivity index (χ1) is 9.88. The van der Waals surface area contributed by atoms with Gasteiger partial charge in [-0.2, -0.15) is 0 Å². The van der Waals surface area contributed by atoms with Gasteiger partial charge in [-0.05, 0) is 37.6 Å². The van der Waals surface area contributed by atoms with Crippen LogP contribution in [0.25, 0.3) is 6.08 Å². The molecule has 0 bridgehead atoms. The Balaban J connectivity index is 0.000000433. The van der Waals surface area contributed by atoms with Gasteiger partial charge in [0.1, 0.15) is 5.75 Å². The Bertz CT molecular complexity index is 477. The minimum absolute atomic E-state index is 0.0300. The second kappa shape index (κ2) is 10.5. The number of carboxylic acid groups (broad SMARTS) is 1. The summed E-state index contributed by atoms with van der Waals surface area (Å²) in [5.41, 5.74) is 0.807. The van der Waals surface area contributed by atoms with Crippen molar-refractivity contribution < 1.29 is 24.2 Å². The highest BCUT2D eigenvalue weighted by molar-refractivity contribution is 5.85. The number of carboxylic acids is 1. The lowest BCUT2D eigenvalue weighted by molar-refractivity contribution is -0.147. The van der Waals surface area contributed by atoms with Gasteiger partial charge < -0.3 is 14.6 Å². The number of hydrogen-bond acceptors (Lipinski definition) is 4. The summed E-state index contributed by atoms with van der Waals surface area (Å²) in [4.78, 5) is 20.6. The molecular weight excluding hydrogens is 272 g/mol. The maximum Gasteiger partial charge on any atom is 0.328 e. The van der Waals surface area contributed by atoms with E-state index in [1.165, 1.54) is 6.08 Å². The molecule has 1 aromatic rings. The molecule has 0 aliphatic heterocycles. The summed E-state index contributed by atoms with van der Waals surface area (Å²) in [6.07, 6.45) is 3.11. The van der Waals surface area contributed by atoms with E-state index in [1.54, 1.807) is 32.2 Å². The Morgan fingerprint density at radius 2 is 2.00 bits per heavy atom. The van der Waals surface area contributed by atoms with Gasteiger partial charge in [-0.3, -0.25) is 4.79 Å². The van der Waals surface area contributed by atoms with Crippen LogP contribution in [0.4, 0.5) is 0 Å². The Hall–Kier alpha value is -2.30. The van der Waals surface area contributed by atoms with Crippen LogP contribution in [0, 0.1) is 0 Å². The molecule has 0 unspecified atom stereocenters. The van der Waals surface area contributed by atoms with Crippen molar-refractivity contribution in [3.63, 3.8) is 0 Å². The molecule has 1 rings (SSSR count). The lowest BCUT2D eigenvalue weighted by atomic mass is 10.2. The number of esters is 1. The van der Waals surface area contributed by atoms with Gasteiger partial charge >= 0.3 is 11.9 Å². The average molecular weight is 294 g/mol. The fourth-order valence-corrected chi connectivity index (χ4v) is 1.26. The van der Waals surface area contributed by atoms with Crippen LogP contribution in [0.5, 0.6) is 5.75 Å². The minimum Gasteiger partial charge on any atom is -0.497 e. The highest BCUT2D eigenvalue weighted by Gasteiger charge is 1.99. The maximum atomic E-state index is 10.4. The molecule has 116 valence electrons. The number of carbonyl (C=O) groups excluding carboxylic acids is 1. The number of ether oxygens (including phenoxy) is 2. The van der Waals surface area contributed by atoms with E-state index in [0.717, 1.165) is 11.6 Å². The molecule has 21 heavy (non-hydrogen) atoms. The zero-order chi connectivity index (χ0) is 16.3. The third-order valence-corrected chi connectivity index (χ3v) is 2.17. The van der Waals surface area contributed by atoms with Crippen LogP contribution in [-0.4, -0.2) is 30.3 Å². The van der Waals surface area contributed by atoms with Gasteiger partial charge in [0.2, 0.25) is 0 Å². The van der Waals surface area contributed by atoms with E-state index in [9.17, 15) is 9.59 Å². The number of methoxy groups -OCH3 is 1. The molecule has 0 radical (unpaired) electrons. The first-order valence-electron chi connectivity index (χ1n) is 6.63. The van der Waals surface area contributed by atoms with Gasteiger partial charge in [-0.1, -0.05) is 19.1 Å². The van der Waals surface area contributed by atoms with E-state index in [1.807, 2.05) is 19.9 Å². The molecule has 1 aromatic carbocycles. The van der Waals surface area contributed by atoms with Crippen LogP contribution in [0.15, 0.2) is 30.3 Å². The molecule has 0 aliphatic carbocycles. The Labute approximate surface area is 125 Å². The number of benzene rings is 1. The van der Waals surface area contributed by atoms with Crippen molar-refractivity contribution in [2.75, 3.05) is 7.11 Å². The van der Waals surface area contributed by atoms with Crippen molar-refractivity contribution in [2.24, 2.45) is 0 Å². The quantitative estimate of drug-likeness (QED) is 0.667. The van der Waals surface area contributed by atoms with Gasteiger partial charge in [0.05, 0.1) is 13.2 Å². The molecule has 0 heterocycles. The van der Waals surface area contributed by atoms with Gasteiger partial charge in [0.25, 0.3) is 0 Å². The largest absolute Gasteiger partial charge is 0.497 e. The summed E-state index contributed by atoms with van der Waals surface area (Å²) < 4.78 is 9.74. The van der Waals surface area contributed by atoms with Crippen molar-refractivity contribution in [2.45, 2.75) is 33.3 Å². The van der Waals surface area contributed by atoms with E-state index in [-0.39, 0.29) is 12.1 Å². The molecule has 5 heteroatoms. The van der Waals surface area contributed by atoms with Crippen LogP contribution in [0.1, 0.15) is 32.8 Å². The van der Waals surface area contributed by atoms with Crippen molar-refractivity contribution >= 4 is 18.0 Å². The Morgan fingerprint density at radius 1 is 1.33 bits per heavy atom. The monoisotopic (exact) mass is 294 g/mol. The summed E-state index contributed by atoms with van der Waals surface area (Å²) in [7, 11) is 1.57. The van der Waals surface area contributed by atoms with Crippen LogP contribution in [-0.2, 0) is 14.3 Å². The summed E-state index contributed by atoms with van der Waals surface area (Å²) >= 11 is 0. The summed E-state index contributed by atoms with van der Waals surface area (Å²) in [5, 5.41) is 8.38. The lowest BCUT2D eigenvalue weighted by Crippen LogP contribution is -2.09. The maximum absolute atomic E-state index is 10.4. The molecule has 0 atom stereocenters. The molecular formula is C16H22O5. The second-order valence-corrected chi connectivity index (χ2v) is 4.34. The summed E-state index contributed by atoms with van der Waals surface area (Å²) in [5.74, 6) is -0.365. The van der Waals surface area contributed by atoms with E-state index < -0.39 is 5.97 Å². The molecule has 0 spiro atoms. The summed E-state index contributed by atoms with van der Waals surface area (Å²) in [6, 6.07) is 7.18. The first kappa shape index (κ1) is 18.7. The third kappa shape index (κ3) is 10.2. The fraction of sp³-hybridized carbons (Fsp3) is 0.375. The normalized spacial score (nSPS) is 9.95. The number of aliphatic carboxylic acids is 1. The van der Waals surface area contributed by atoms with Crippen LogP contribution < -0.4 is 4.74 Å². The molecule has 0 aliphatic rings. The van der Waals surface area contributed by atoms with Crippen LogP contribution in [0.2, 0.25) is 0 Å². The smallest absolute Gasteiger partial charge is 0.328 e. The Kier molecular flexibility index (Phi) is 9.33. The molecule has 0 amide bonds. The minimum atomic E-state index is -0.956. The highest BCUT2D eigenvalue weighted by Crippen LogP contribution is 2.13. The third-order valence-electron chi connectivity index (χ3n) is 2.17. The molecule has 5 nitrogen and oxygen atoms in total. The van der Waals surface area contributed by atoms with Crippen LogP contribution >= 0.6 is 0 Å². The van der Waals surface area contributed by atoms with Gasteiger partial charge in [-0.15, -0.1) is 0 Å². The zero-order valence-corrected chi connectivity index (χ0v) is 12.8. The first-order valence-corrected chi connectivity index (χ1v) is 6.63. The predicted molar refractivity (Wildman–Crippen MR) is 81.2 cm³/mol. The van der Waals surface area contributed by atoms with E-state index in [4.69, 9.17) is 14.6 Å². The van der Waals surface area contributed by atoms with Gasteiger partial charge in [0, 0.05) is 12.5 Å². The molecule has 0 saturated carbocycles. The SMILES string of the molecule is CCC(=O)OC(C)C.COc1cccc(C=CC(=O)O)c1. The number of rotatable bonds is 5. The van der Waals surface area contributed by atoms with Gasteiger partial charge in [0.15, 0.2) is 0 Å². The topological polar surface area (TPSA) is 72.8 Å². The van der Waals surface area contributed by atoms with E-state index in [2.05, 4.69) is 0 Å². The lowest BCUT2D eigenvalue weighted by Gasteiger charge is -2.04. The van der Waals surface area contributed by atoms with Gasteiger partial charge in [-0.25, -0.2) is 4.79 Å². The molecule has 0 fully saturated rings.